The Morgan fingerprint density at radius 1 is 1.46 bits per heavy atom. The molecule has 1 aliphatic rings. The van der Waals surface area contributed by atoms with E-state index in [-0.39, 0.29) is 0 Å². The summed E-state index contributed by atoms with van der Waals surface area (Å²) in [5, 5.41) is 3.16. The monoisotopic (exact) mass is 172 g/mol. The van der Waals surface area contributed by atoms with Crippen molar-refractivity contribution >= 4 is 5.57 Å². The average Bonchev–Trinajstić information content (AvgIpc) is 2.19. The van der Waals surface area contributed by atoms with Gasteiger partial charge in [-0.15, -0.1) is 0 Å². The van der Waals surface area contributed by atoms with Gasteiger partial charge in [0, 0.05) is 24.5 Å². The molecule has 13 heavy (non-hydrogen) atoms. The number of nitrogens with zero attached hydrogens (tertiary/aromatic N) is 1. The molecule has 0 saturated heterocycles. The van der Waals surface area contributed by atoms with Crippen LogP contribution >= 0.6 is 0 Å². The Hall–Kier alpha value is -1.57. The molecule has 2 rings (SSSR count). The minimum absolute atomic E-state index is 0.912. The lowest BCUT2D eigenvalue weighted by atomic mass is 10.1. The van der Waals surface area contributed by atoms with E-state index in [0.29, 0.717) is 0 Å². The predicted octanol–water partition coefficient (Wildman–Crippen LogP) is 1.89. The zero-order valence-corrected chi connectivity index (χ0v) is 7.62. The second kappa shape index (κ2) is 3.44. The summed E-state index contributed by atoms with van der Waals surface area (Å²) in [5.41, 5.74) is 3.42. The fourth-order valence-corrected chi connectivity index (χ4v) is 1.32. The van der Waals surface area contributed by atoms with Gasteiger partial charge in [0.05, 0.1) is 5.69 Å². The van der Waals surface area contributed by atoms with Gasteiger partial charge in [-0.05, 0) is 24.6 Å². The van der Waals surface area contributed by atoms with Crippen LogP contribution in [-0.4, -0.2) is 11.5 Å². The van der Waals surface area contributed by atoms with E-state index in [9.17, 15) is 0 Å². The van der Waals surface area contributed by atoms with Gasteiger partial charge in [0.25, 0.3) is 0 Å². The Balaban J connectivity index is 2.35. The second-order valence-electron chi connectivity index (χ2n) is 3.13. The molecule has 0 aromatic carbocycles. The van der Waals surface area contributed by atoms with Crippen molar-refractivity contribution in [2.45, 2.75) is 6.92 Å². The van der Waals surface area contributed by atoms with Crippen LogP contribution in [0, 0.1) is 6.92 Å². The van der Waals surface area contributed by atoms with E-state index in [1.54, 1.807) is 0 Å². The number of rotatable bonds is 1. The van der Waals surface area contributed by atoms with Crippen LogP contribution in [0.5, 0.6) is 0 Å². The van der Waals surface area contributed by atoms with Gasteiger partial charge in [-0.1, -0.05) is 12.2 Å². The number of aromatic nitrogens is 1. The summed E-state index contributed by atoms with van der Waals surface area (Å²) < 4.78 is 0. The summed E-state index contributed by atoms with van der Waals surface area (Å²) in [5.74, 6) is 0. The number of hydrogen-bond donors (Lipinski definition) is 1. The maximum atomic E-state index is 4.30. The van der Waals surface area contributed by atoms with Crippen LogP contribution in [0.1, 0.15) is 11.3 Å². The maximum absolute atomic E-state index is 4.30. The van der Waals surface area contributed by atoms with Crippen molar-refractivity contribution in [3.8, 4) is 0 Å². The number of dihydropyridines is 1. The number of aryl methyl sites for hydroxylation is 1. The normalized spacial score (nSPS) is 15.0. The van der Waals surface area contributed by atoms with Gasteiger partial charge in [0.2, 0.25) is 0 Å². The molecule has 0 spiro atoms. The molecular weight excluding hydrogens is 160 g/mol. The predicted molar refractivity (Wildman–Crippen MR) is 54.1 cm³/mol. The van der Waals surface area contributed by atoms with Crippen LogP contribution in [0.2, 0.25) is 0 Å². The largest absolute Gasteiger partial charge is 0.387 e. The van der Waals surface area contributed by atoms with Crippen LogP contribution in [-0.2, 0) is 0 Å². The molecule has 0 radical (unpaired) electrons. The molecule has 2 nitrogen and oxygen atoms in total. The first kappa shape index (κ1) is 8.05. The standard InChI is InChI=1S/C11H12N2/c1-9-4-6-13-11(7-9)10-3-2-5-12-8-10/h2-4,6-8,12H,5H2,1H3. The van der Waals surface area contributed by atoms with Crippen LogP contribution in [0.3, 0.4) is 0 Å². The third-order valence-corrected chi connectivity index (χ3v) is 2.00. The number of hydrogen-bond acceptors (Lipinski definition) is 2. The third kappa shape index (κ3) is 1.78. The number of pyridine rings is 1. The Morgan fingerprint density at radius 2 is 2.38 bits per heavy atom. The zero-order chi connectivity index (χ0) is 9.10. The van der Waals surface area contributed by atoms with Crippen molar-refractivity contribution in [2.75, 3.05) is 6.54 Å². The first-order chi connectivity index (χ1) is 6.36. The molecule has 1 aromatic heterocycles. The molecule has 1 N–H and O–H groups in total. The first-order valence-electron chi connectivity index (χ1n) is 4.39. The van der Waals surface area contributed by atoms with Crippen molar-refractivity contribution in [3.63, 3.8) is 0 Å². The average molecular weight is 172 g/mol. The molecule has 1 aromatic rings. The van der Waals surface area contributed by atoms with Crippen LogP contribution in [0.25, 0.3) is 5.57 Å². The first-order valence-corrected chi connectivity index (χ1v) is 4.39. The number of allylic oxidation sites excluding steroid dienone is 2. The highest BCUT2D eigenvalue weighted by Crippen LogP contribution is 2.14. The fraction of sp³-hybridized carbons (Fsp3) is 0.182. The van der Waals surface area contributed by atoms with E-state index >= 15 is 0 Å². The molecule has 2 heterocycles. The lowest BCUT2D eigenvalue weighted by Crippen LogP contribution is -2.09. The van der Waals surface area contributed by atoms with E-state index in [0.717, 1.165) is 17.8 Å². The van der Waals surface area contributed by atoms with Crippen LogP contribution in [0.4, 0.5) is 0 Å². The van der Waals surface area contributed by atoms with Crippen molar-refractivity contribution in [2.24, 2.45) is 0 Å². The Bertz CT molecular complexity index is 364. The molecule has 0 unspecified atom stereocenters. The summed E-state index contributed by atoms with van der Waals surface area (Å²) in [6.45, 7) is 2.99. The summed E-state index contributed by atoms with van der Waals surface area (Å²) >= 11 is 0. The fourth-order valence-electron chi connectivity index (χ4n) is 1.32. The minimum Gasteiger partial charge on any atom is -0.387 e. The van der Waals surface area contributed by atoms with Gasteiger partial charge in [0.15, 0.2) is 0 Å². The van der Waals surface area contributed by atoms with Crippen molar-refractivity contribution in [3.05, 3.63) is 47.9 Å². The Kier molecular flexibility index (Phi) is 2.13. The van der Waals surface area contributed by atoms with Gasteiger partial charge in [-0.25, -0.2) is 0 Å². The molecule has 2 heteroatoms. The van der Waals surface area contributed by atoms with E-state index in [1.807, 2.05) is 18.5 Å². The minimum atomic E-state index is 0.912. The second-order valence-corrected chi connectivity index (χ2v) is 3.13. The van der Waals surface area contributed by atoms with E-state index in [1.165, 1.54) is 5.56 Å². The number of nitrogens with one attached hydrogen (secondary N) is 1. The highest BCUT2D eigenvalue weighted by molar-refractivity contribution is 5.72. The van der Waals surface area contributed by atoms with E-state index in [4.69, 9.17) is 0 Å². The maximum Gasteiger partial charge on any atom is 0.0718 e. The molecule has 0 bridgehead atoms. The molecule has 0 amide bonds. The summed E-state index contributed by atoms with van der Waals surface area (Å²) in [7, 11) is 0. The van der Waals surface area contributed by atoms with Gasteiger partial charge >= 0.3 is 0 Å². The SMILES string of the molecule is Cc1ccnc(C2=CNCC=C2)c1. The van der Waals surface area contributed by atoms with E-state index < -0.39 is 0 Å². The smallest absolute Gasteiger partial charge is 0.0718 e. The molecule has 0 atom stereocenters. The van der Waals surface area contributed by atoms with Crippen LogP contribution < -0.4 is 5.32 Å². The summed E-state index contributed by atoms with van der Waals surface area (Å²) in [6.07, 6.45) is 8.04. The highest BCUT2D eigenvalue weighted by atomic mass is 14.8. The van der Waals surface area contributed by atoms with Crippen molar-refractivity contribution < 1.29 is 0 Å². The van der Waals surface area contributed by atoms with Gasteiger partial charge in [-0.3, -0.25) is 4.98 Å². The van der Waals surface area contributed by atoms with Crippen molar-refractivity contribution in [1.29, 1.82) is 0 Å². The summed E-state index contributed by atoms with van der Waals surface area (Å²) in [6, 6.07) is 4.09. The zero-order valence-electron chi connectivity index (χ0n) is 7.62. The molecule has 0 saturated carbocycles. The lowest BCUT2D eigenvalue weighted by Gasteiger charge is -2.07. The van der Waals surface area contributed by atoms with Gasteiger partial charge < -0.3 is 5.32 Å². The lowest BCUT2D eigenvalue weighted by molar-refractivity contribution is 0.974. The molecule has 0 aliphatic carbocycles. The molecule has 1 aliphatic heterocycles. The molecule has 66 valence electrons. The third-order valence-electron chi connectivity index (χ3n) is 2.00. The Labute approximate surface area is 78.0 Å². The van der Waals surface area contributed by atoms with E-state index in [2.05, 4.69) is 35.4 Å². The quantitative estimate of drug-likeness (QED) is 0.699. The molecular formula is C11H12N2. The van der Waals surface area contributed by atoms with Crippen LogP contribution in [0.15, 0.2) is 36.7 Å². The van der Waals surface area contributed by atoms with Gasteiger partial charge in [0.1, 0.15) is 0 Å². The topological polar surface area (TPSA) is 24.9 Å². The molecule has 0 fully saturated rings. The van der Waals surface area contributed by atoms with Crippen molar-refractivity contribution in [1.82, 2.24) is 10.3 Å². The van der Waals surface area contributed by atoms with Gasteiger partial charge in [-0.2, -0.15) is 0 Å². The highest BCUT2D eigenvalue weighted by Gasteiger charge is 2.01. The summed E-state index contributed by atoms with van der Waals surface area (Å²) in [4.78, 5) is 4.30. The Morgan fingerprint density at radius 3 is 3.08 bits per heavy atom.